The Morgan fingerprint density at radius 2 is 1.68 bits per heavy atom. The van der Waals surface area contributed by atoms with E-state index in [1.54, 1.807) is 30.7 Å². The molecule has 3 heterocycles. The van der Waals surface area contributed by atoms with E-state index in [9.17, 15) is 12.8 Å². The molecule has 9 nitrogen and oxygen atoms in total. The third kappa shape index (κ3) is 6.52. The number of hydrogen-bond acceptors (Lipinski definition) is 8. The lowest BCUT2D eigenvalue weighted by Crippen LogP contribution is -2.48. The molecule has 1 fully saturated rings. The summed E-state index contributed by atoms with van der Waals surface area (Å²) in [6, 6.07) is 10.1. The molecule has 2 N–H and O–H groups in total. The third-order valence-electron chi connectivity index (χ3n) is 5.44. The standard InChI is InChI=1S/C22H26FN7O2S.ClH/c1-16(17-3-5-18(23)6-4-17)26-20-13-19(29-9-11-30(12-10-29)33(2,31)32)14-21(27-20)28-22-15-24-7-8-25-22;/h3-8,13-16H,9-12H2,1-2H3,(H2,25,26,27,28);1H. The summed E-state index contributed by atoms with van der Waals surface area (Å²) in [4.78, 5) is 15.1. The first-order valence-corrected chi connectivity index (χ1v) is 12.4. The van der Waals surface area contributed by atoms with Crippen LogP contribution in [-0.2, 0) is 10.0 Å². The number of nitrogens with zero attached hydrogens (tertiary/aromatic N) is 5. The topological polar surface area (TPSA) is 103 Å². The van der Waals surface area contributed by atoms with Crippen molar-refractivity contribution in [3.8, 4) is 0 Å². The lowest BCUT2D eigenvalue weighted by molar-refractivity contribution is 0.388. The molecule has 0 saturated carbocycles. The summed E-state index contributed by atoms with van der Waals surface area (Å²) in [6.07, 6.45) is 6.02. The zero-order chi connectivity index (χ0) is 23.4. The Labute approximate surface area is 204 Å². The van der Waals surface area contributed by atoms with Crippen molar-refractivity contribution in [1.29, 1.82) is 0 Å². The fourth-order valence-corrected chi connectivity index (χ4v) is 4.49. The molecule has 1 saturated heterocycles. The van der Waals surface area contributed by atoms with E-state index in [0.29, 0.717) is 43.6 Å². The van der Waals surface area contributed by atoms with Crippen LogP contribution in [0.15, 0.2) is 55.0 Å². The molecule has 0 bridgehead atoms. The second-order valence-electron chi connectivity index (χ2n) is 7.88. The molecular weight excluding hydrogens is 481 g/mol. The van der Waals surface area contributed by atoms with E-state index in [2.05, 4.69) is 30.5 Å². The van der Waals surface area contributed by atoms with E-state index in [-0.39, 0.29) is 24.3 Å². The predicted octanol–water partition coefficient (Wildman–Crippen LogP) is 3.43. The number of pyridine rings is 1. The van der Waals surface area contributed by atoms with Crippen molar-refractivity contribution in [1.82, 2.24) is 19.3 Å². The maximum absolute atomic E-state index is 13.3. The Kier molecular flexibility index (Phi) is 8.24. The van der Waals surface area contributed by atoms with Gasteiger partial charge in [-0.3, -0.25) is 4.98 Å². The average molecular weight is 508 g/mol. The molecule has 1 unspecified atom stereocenters. The number of aromatic nitrogens is 3. The number of hydrogen-bond donors (Lipinski definition) is 2. The van der Waals surface area contributed by atoms with Crippen molar-refractivity contribution in [2.24, 2.45) is 0 Å². The van der Waals surface area contributed by atoms with Gasteiger partial charge >= 0.3 is 0 Å². The van der Waals surface area contributed by atoms with Crippen LogP contribution in [0.2, 0.25) is 0 Å². The van der Waals surface area contributed by atoms with Crippen LogP contribution in [0.5, 0.6) is 0 Å². The minimum Gasteiger partial charge on any atom is -0.369 e. The molecular formula is C22H27ClFN7O2S. The van der Waals surface area contributed by atoms with E-state index in [1.165, 1.54) is 22.7 Å². The number of piperazine rings is 1. The van der Waals surface area contributed by atoms with Gasteiger partial charge in [0, 0.05) is 62.4 Å². The first-order chi connectivity index (χ1) is 15.8. The third-order valence-corrected chi connectivity index (χ3v) is 6.74. The summed E-state index contributed by atoms with van der Waals surface area (Å²) in [6.45, 7) is 3.94. The van der Waals surface area contributed by atoms with Gasteiger partial charge in [0.2, 0.25) is 10.0 Å². The van der Waals surface area contributed by atoms with E-state index < -0.39 is 10.0 Å². The summed E-state index contributed by atoms with van der Waals surface area (Å²) < 4.78 is 38.5. The largest absolute Gasteiger partial charge is 0.369 e. The van der Waals surface area contributed by atoms with Crippen molar-refractivity contribution in [3.05, 3.63) is 66.4 Å². The molecule has 1 aliphatic rings. The molecule has 12 heteroatoms. The maximum atomic E-state index is 13.3. The molecule has 0 spiro atoms. The smallest absolute Gasteiger partial charge is 0.211 e. The Morgan fingerprint density at radius 1 is 1.00 bits per heavy atom. The lowest BCUT2D eigenvalue weighted by atomic mass is 10.1. The molecule has 34 heavy (non-hydrogen) atoms. The van der Waals surface area contributed by atoms with Crippen LogP contribution < -0.4 is 15.5 Å². The molecule has 0 radical (unpaired) electrons. The minimum atomic E-state index is -3.21. The quantitative estimate of drug-likeness (QED) is 0.501. The fraction of sp³-hybridized carbons (Fsp3) is 0.318. The first kappa shape index (κ1) is 25.6. The highest BCUT2D eigenvalue weighted by Gasteiger charge is 2.24. The zero-order valence-corrected chi connectivity index (χ0v) is 20.5. The Balaban J connectivity index is 0.00000324. The molecule has 3 aromatic rings. The molecule has 0 amide bonds. The van der Waals surface area contributed by atoms with Crippen molar-refractivity contribution < 1.29 is 12.8 Å². The molecule has 1 aliphatic heterocycles. The average Bonchev–Trinajstić information content (AvgIpc) is 2.79. The van der Waals surface area contributed by atoms with Gasteiger partial charge in [-0.2, -0.15) is 4.31 Å². The van der Waals surface area contributed by atoms with Crippen LogP contribution in [0.25, 0.3) is 0 Å². The molecule has 4 rings (SSSR count). The van der Waals surface area contributed by atoms with Crippen LogP contribution in [0, 0.1) is 5.82 Å². The number of halogens is 2. The Hall–Kier alpha value is -3.02. The van der Waals surface area contributed by atoms with Crippen LogP contribution in [0.4, 0.5) is 27.5 Å². The van der Waals surface area contributed by atoms with Crippen LogP contribution in [0.3, 0.4) is 0 Å². The van der Waals surface area contributed by atoms with Gasteiger partial charge in [0.1, 0.15) is 23.3 Å². The van der Waals surface area contributed by atoms with Crippen LogP contribution >= 0.6 is 12.4 Å². The van der Waals surface area contributed by atoms with Gasteiger partial charge in [-0.05, 0) is 24.6 Å². The van der Waals surface area contributed by atoms with E-state index >= 15 is 0 Å². The van der Waals surface area contributed by atoms with Gasteiger partial charge in [-0.25, -0.2) is 22.8 Å². The second-order valence-corrected chi connectivity index (χ2v) is 9.86. The van der Waals surface area contributed by atoms with E-state index in [4.69, 9.17) is 0 Å². The number of nitrogens with one attached hydrogen (secondary N) is 2. The van der Waals surface area contributed by atoms with Gasteiger partial charge in [0.05, 0.1) is 12.5 Å². The Bertz CT molecular complexity index is 1190. The van der Waals surface area contributed by atoms with Crippen molar-refractivity contribution in [3.63, 3.8) is 0 Å². The summed E-state index contributed by atoms with van der Waals surface area (Å²) >= 11 is 0. The highest BCUT2D eigenvalue weighted by atomic mass is 35.5. The van der Waals surface area contributed by atoms with E-state index in [1.807, 2.05) is 19.1 Å². The molecule has 2 aromatic heterocycles. The summed E-state index contributed by atoms with van der Waals surface area (Å²) in [7, 11) is -3.21. The number of benzene rings is 1. The van der Waals surface area contributed by atoms with Crippen molar-refractivity contribution >= 4 is 45.6 Å². The monoisotopic (exact) mass is 507 g/mol. The van der Waals surface area contributed by atoms with Crippen LogP contribution in [-0.4, -0.2) is 60.1 Å². The minimum absolute atomic E-state index is 0. The van der Waals surface area contributed by atoms with Crippen molar-refractivity contribution in [2.75, 3.05) is 48.0 Å². The van der Waals surface area contributed by atoms with Gasteiger partial charge in [-0.1, -0.05) is 12.1 Å². The molecule has 1 atom stereocenters. The lowest BCUT2D eigenvalue weighted by Gasteiger charge is -2.35. The van der Waals surface area contributed by atoms with E-state index in [0.717, 1.165) is 11.3 Å². The fourth-order valence-electron chi connectivity index (χ4n) is 3.67. The summed E-state index contributed by atoms with van der Waals surface area (Å²) in [5, 5.41) is 6.54. The maximum Gasteiger partial charge on any atom is 0.211 e. The summed E-state index contributed by atoms with van der Waals surface area (Å²) in [5.74, 6) is 1.48. The highest BCUT2D eigenvalue weighted by Crippen LogP contribution is 2.28. The number of sulfonamides is 1. The predicted molar refractivity (Wildman–Crippen MR) is 134 cm³/mol. The van der Waals surface area contributed by atoms with Crippen LogP contribution in [0.1, 0.15) is 18.5 Å². The molecule has 182 valence electrons. The molecule has 0 aliphatic carbocycles. The Morgan fingerprint density at radius 3 is 2.29 bits per heavy atom. The van der Waals surface area contributed by atoms with Gasteiger partial charge in [0.15, 0.2) is 0 Å². The van der Waals surface area contributed by atoms with Gasteiger partial charge in [0.25, 0.3) is 0 Å². The highest BCUT2D eigenvalue weighted by molar-refractivity contribution is 7.88. The first-order valence-electron chi connectivity index (χ1n) is 10.5. The van der Waals surface area contributed by atoms with Gasteiger partial charge in [-0.15, -0.1) is 12.4 Å². The number of rotatable bonds is 7. The number of anilines is 4. The normalized spacial score (nSPS) is 15.3. The molecule has 1 aromatic carbocycles. The van der Waals surface area contributed by atoms with Gasteiger partial charge < -0.3 is 15.5 Å². The zero-order valence-electron chi connectivity index (χ0n) is 18.8. The van der Waals surface area contributed by atoms with Crippen molar-refractivity contribution in [2.45, 2.75) is 13.0 Å². The SMILES string of the molecule is CC(Nc1cc(N2CCN(S(C)(=O)=O)CC2)cc(Nc2cnccn2)n1)c1ccc(F)cc1.Cl. The second kappa shape index (κ2) is 10.9. The summed E-state index contributed by atoms with van der Waals surface area (Å²) in [5.41, 5.74) is 1.83.